The minimum Gasteiger partial charge on any atom is -0.358 e. The fraction of sp³-hybridized carbons (Fsp3) is 0.154. The van der Waals surface area contributed by atoms with Gasteiger partial charge in [-0.1, -0.05) is 64.1 Å². The lowest BCUT2D eigenvalue weighted by atomic mass is 10.2. The molecule has 1 heterocycles. The maximum atomic E-state index is 12.2. The van der Waals surface area contributed by atoms with Gasteiger partial charge in [-0.3, -0.25) is 0 Å². The predicted molar refractivity (Wildman–Crippen MR) is 87.5 cm³/mol. The lowest BCUT2D eigenvalue weighted by Gasteiger charge is -2.13. The second-order valence-corrected chi connectivity index (χ2v) is 8.58. The summed E-state index contributed by atoms with van der Waals surface area (Å²) in [6, 6.07) is 8.64. The van der Waals surface area contributed by atoms with Crippen LogP contribution in [-0.2, 0) is 13.9 Å². The first kappa shape index (κ1) is 17.6. The van der Waals surface area contributed by atoms with Crippen LogP contribution in [0.1, 0.15) is 11.1 Å². The zero-order valence-corrected chi connectivity index (χ0v) is 14.9. The summed E-state index contributed by atoms with van der Waals surface area (Å²) in [5.41, 5.74) is 1.06. The molecule has 0 spiro atoms. The molecule has 0 aliphatic rings. The first-order chi connectivity index (χ1) is 10.1. The van der Waals surface area contributed by atoms with E-state index in [9.17, 15) is 8.42 Å². The van der Waals surface area contributed by atoms with Gasteiger partial charge in [-0.2, -0.15) is 8.42 Å². The van der Waals surface area contributed by atoms with E-state index in [-0.39, 0.29) is 21.5 Å². The van der Waals surface area contributed by atoms with Gasteiger partial charge >= 0.3 is 10.1 Å². The zero-order chi connectivity index (χ0) is 16.5. The van der Waals surface area contributed by atoms with E-state index in [0.717, 1.165) is 5.56 Å². The number of alkyl halides is 3. The molecule has 22 heavy (non-hydrogen) atoms. The number of aromatic nitrogens is 1. The van der Waals surface area contributed by atoms with Gasteiger partial charge in [-0.05, 0) is 25.1 Å². The molecule has 0 bridgehead atoms. The number of nitrogens with zero attached hydrogens (tertiary/aromatic N) is 1. The summed E-state index contributed by atoms with van der Waals surface area (Å²) >= 11 is 23.0. The fourth-order valence-electron chi connectivity index (χ4n) is 1.54. The second kappa shape index (κ2) is 6.42. The van der Waals surface area contributed by atoms with E-state index in [1.165, 1.54) is 24.3 Å². The quantitative estimate of drug-likeness (QED) is 0.427. The van der Waals surface area contributed by atoms with Crippen LogP contribution in [-0.4, -0.2) is 13.4 Å². The lowest BCUT2D eigenvalue weighted by molar-refractivity contribution is 0.475. The van der Waals surface area contributed by atoms with Gasteiger partial charge in [0, 0.05) is 11.6 Å². The molecule has 1 aromatic heterocycles. The van der Waals surface area contributed by atoms with Crippen LogP contribution in [0.25, 0.3) is 0 Å². The van der Waals surface area contributed by atoms with Gasteiger partial charge in [0.25, 0.3) is 0 Å². The van der Waals surface area contributed by atoms with Crippen molar-refractivity contribution < 1.29 is 12.6 Å². The fourth-order valence-corrected chi connectivity index (χ4v) is 2.95. The van der Waals surface area contributed by atoms with Crippen molar-refractivity contribution in [3.05, 3.63) is 52.7 Å². The molecule has 2 aromatic rings. The number of benzene rings is 1. The molecule has 0 aliphatic heterocycles. The maximum Gasteiger partial charge on any atom is 0.340 e. The van der Waals surface area contributed by atoms with Crippen molar-refractivity contribution in [2.45, 2.75) is 15.6 Å². The average Bonchev–Trinajstić information content (AvgIpc) is 2.36. The number of aryl methyl sites for hydroxylation is 1. The lowest BCUT2D eigenvalue weighted by Crippen LogP contribution is -2.12. The Kier molecular flexibility index (Phi) is 5.14. The number of rotatable bonds is 3. The average molecular weight is 401 g/mol. The zero-order valence-electron chi connectivity index (χ0n) is 11.1. The van der Waals surface area contributed by atoms with Crippen LogP contribution in [0, 0.1) is 6.92 Å². The van der Waals surface area contributed by atoms with Crippen molar-refractivity contribution >= 4 is 56.5 Å². The standard InChI is InChI=1S/C13H9Cl4NO3S/c1-8-2-4-10(5-3-8)22(19,20)21-12-7-9(13(15,16)17)6-11(14)18-12/h2-7H,1H3. The van der Waals surface area contributed by atoms with Crippen LogP contribution < -0.4 is 4.18 Å². The molecule has 2 rings (SSSR count). The van der Waals surface area contributed by atoms with Gasteiger partial charge in [-0.25, -0.2) is 4.98 Å². The molecular formula is C13H9Cl4NO3S. The molecule has 0 atom stereocenters. The summed E-state index contributed by atoms with van der Waals surface area (Å²) in [6.07, 6.45) is 0. The largest absolute Gasteiger partial charge is 0.358 e. The molecule has 0 unspecified atom stereocenters. The molecule has 0 amide bonds. The highest BCUT2D eigenvalue weighted by molar-refractivity contribution is 7.87. The molecule has 9 heteroatoms. The van der Waals surface area contributed by atoms with E-state index in [1.807, 2.05) is 6.92 Å². The topological polar surface area (TPSA) is 56.3 Å². The van der Waals surface area contributed by atoms with Gasteiger partial charge in [0.2, 0.25) is 9.67 Å². The van der Waals surface area contributed by atoms with E-state index in [2.05, 4.69) is 4.98 Å². The minimum atomic E-state index is -4.06. The van der Waals surface area contributed by atoms with Crippen LogP contribution in [0.4, 0.5) is 0 Å². The molecule has 0 N–H and O–H groups in total. The Morgan fingerprint density at radius 2 is 1.68 bits per heavy atom. The van der Waals surface area contributed by atoms with Crippen molar-refractivity contribution in [2.75, 3.05) is 0 Å². The molecule has 4 nitrogen and oxygen atoms in total. The third-order valence-electron chi connectivity index (χ3n) is 2.60. The number of hydrogen-bond donors (Lipinski definition) is 0. The molecule has 1 aromatic carbocycles. The monoisotopic (exact) mass is 399 g/mol. The highest BCUT2D eigenvalue weighted by Crippen LogP contribution is 2.40. The molecule has 0 fully saturated rings. The summed E-state index contributed by atoms with van der Waals surface area (Å²) in [7, 11) is -4.06. The number of pyridine rings is 1. The molecule has 0 aliphatic carbocycles. The Bertz CT molecular complexity index is 786. The van der Waals surface area contributed by atoms with Gasteiger partial charge < -0.3 is 4.18 Å². The van der Waals surface area contributed by atoms with Crippen LogP contribution in [0.15, 0.2) is 41.3 Å². The Balaban J connectivity index is 2.38. The Morgan fingerprint density at radius 3 is 2.23 bits per heavy atom. The SMILES string of the molecule is Cc1ccc(S(=O)(=O)Oc2cc(C(Cl)(Cl)Cl)cc(Cl)n2)cc1. The maximum absolute atomic E-state index is 12.2. The van der Waals surface area contributed by atoms with Gasteiger partial charge in [0.15, 0.2) is 0 Å². The van der Waals surface area contributed by atoms with Crippen LogP contribution in [0.3, 0.4) is 0 Å². The smallest absolute Gasteiger partial charge is 0.340 e. The Morgan fingerprint density at radius 1 is 1.09 bits per heavy atom. The number of hydrogen-bond acceptors (Lipinski definition) is 4. The summed E-state index contributed by atoms with van der Waals surface area (Å²) in [4.78, 5) is 3.75. The highest BCUT2D eigenvalue weighted by Gasteiger charge is 2.26. The Labute approximate surface area is 148 Å². The summed E-state index contributed by atoms with van der Waals surface area (Å²) in [6.45, 7) is 1.84. The molecule has 118 valence electrons. The van der Waals surface area contributed by atoms with Crippen molar-refractivity contribution in [3.8, 4) is 5.88 Å². The third kappa shape index (κ3) is 4.40. The first-order valence-corrected chi connectivity index (χ1v) is 8.76. The van der Waals surface area contributed by atoms with Gasteiger partial charge in [0.05, 0.1) is 0 Å². The van der Waals surface area contributed by atoms with Crippen molar-refractivity contribution in [1.82, 2.24) is 4.98 Å². The van der Waals surface area contributed by atoms with Crippen LogP contribution in [0.5, 0.6) is 5.88 Å². The van der Waals surface area contributed by atoms with E-state index in [4.69, 9.17) is 50.6 Å². The predicted octanol–water partition coefficient (Wildman–Crippen LogP) is 4.64. The molecule has 0 saturated carbocycles. The summed E-state index contributed by atoms with van der Waals surface area (Å²) in [5.74, 6) is -0.283. The minimum absolute atomic E-state index is 0.0182. The Hall–Kier alpha value is -0.720. The van der Waals surface area contributed by atoms with Gasteiger partial charge in [-0.15, -0.1) is 0 Å². The van der Waals surface area contributed by atoms with Crippen molar-refractivity contribution in [3.63, 3.8) is 0 Å². The van der Waals surface area contributed by atoms with E-state index in [0.29, 0.717) is 0 Å². The van der Waals surface area contributed by atoms with Crippen LogP contribution >= 0.6 is 46.4 Å². The van der Waals surface area contributed by atoms with Crippen molar-refractivity contribution in [2.24, 2.45) is 0 Å². The third-order valence-corrected chi connectivity index (χ3v) is 4.69. The highest BCUT2D eigenvalue weighted by atomic mass is 35.6. The normalized spacial score (nSPS) is 12.2. The summed E-state index contributed by atoms with van der Waals surface area (Å²) < 4.78 is 27.5. The van der Waals surface area contributed by atoms with E-state index < -0.39 is 13.9 Å². The van der Waals surface area contributed by atoms with E-state index in [1.54, 1.807) is 12.1 Å². The van der Waals surface area contributed by atoms with Gasteiger partial charge in [0.1, 0.15) is 10.0 Å². The molecule has 0 radical (unpaired) electrons. The van der Waals surface area contributed by atoms with Crippen molar-refractivity contribution in [1.29, 1.82) is 0 Å². The first-order valence-electron chi connectivity index (χ1n) is 5.84. The second-order valence-electron chi connectivity index (χ2n) is 4.37. The van der Waals surface area contributed by atoms with E-state index >= 15 is 0 Å². The number of halogens is 4. The molecule has 0 saturated heterocycles. The van der Waals surface area contributed by atoms with Crippen LogP contribution in [0.2, 0.25) is 5.15 Å². The summed E-state index contributed by atoms with van der Waals surface area (Å²) in [5, 5.41) is -0.0575. The molecular weight excluding hydrogens is 392 g/mol.